The predicted octanol–water partition coefficient (Wildman–Crippen LogP) is 3.19. The van der Waals surface area contributed by atoms with Crippen LogP contribution in [0.25, 0.3) is 0 Å². The second kappa shape index (κ2) is 8.48. The van der Waals surface area contributed by atoms with Crippen molar-refractivity contribution in [3.05, 3.63) is 54.2 Å². The number of aromatic nitrogens is 1. The van der Waals surface area contributed by atoms with Crippen molar-refractivity contribution < 1.29 is 14.3 Å². The molecule has 0 unspecified atom stereocenters. The molecular formula is C19H23N3O3. The second-order valence-corrected chi connectivity index (χ2v) is 6.02. The monoisotopic (exact) mass is 341 g/mol. The molecule has 1 aromatic carbocycles. The molecule has 0 aliphatic carbocycles. The fourth-order valence-electron chi connectivity index (χ4n) is 2.79. The molecule has 25 heavy (non-hydrogen) atoms. The summed E-state index contributed by atoms with van der Waals surface area (Å²) in [5.74, 6) is 1.27. The van der Waals surface area contributed by atoms with Crippen LogP contribution in [-0.2, 0) is 11.3 Å². The number of methoxy groups -OCH3 is 1. The van der Waals surface area contributed by atoms with Crippen molar-refractivity contribution >= 4 is 6.03 Å². The number of nitrogens with one attached hydrogen (secondary N) is 1. The van der Waals surface area contributed by atoms with Gasteiger partial charge in [0.1, 0.15) is 5.75 Å². The lowest BCUT2D eigenvalue weighted by Gasteiger charge is -2.31. The molecule has 3 rings (SSSR count). The Balaban J connectivity index is 1.49. The van der Waals surface area contributed by atoms with E-state index in [9.17, 15) is 4.79 Å². The van der Waals surface area contributed by atoms with E-state index in [-0.39, 0.29) is 12.1 Å². The van der Waals surface area contributed by atoms with Crippen LogP contribution in [0.3, 0.4) is 0 Å². The maximum absolute atomic E-state index is 12.3. The SMILES string of the molecule is CO[C@H]1CCCN(C(=O)NCc2ccc(Oc3ccccc3)nc2)C1. The van der Waals surface area contributed by atoms with Crippen LogP contribution in [0.1, 0.15) is 18.4 Å². The number of rotatable bonds is 5. The first-order valence-corrected chi connectivity index (χ1v) is 8.48. The Kier molecular flexibility index (Phi) is 5.85. The molecule has 0 bridgehead atoms. The summed E-state index contributed by atoms with van der Waals surface area (Å²) in [5.41, 5.74) is 0.925. The molecule has 1 saturated heterocycles. The van der Waals surface area contributed by atoms with Gasteiger partial charge in [-0.2, -0.15) is 0 Å². The van der Waals surface area contributed by atoms with Gasteiger partial charge in [-0.1, -0.05) is 24.3 Å². The zero-order valence-corrected chi connectivity index (χ0v) is 14.4. The van der Waals surface area contributed by atoms with Gasteiger partial charge in [-0.25, -0.2) is 9.78 Å². The molecule has 2 aromatic rings. The van der Waals surface area contributed by atoms with Crippen LogP contribution in [0.2, 0.25) is 0 Å². The van der Waals surface area contributed by atoms with Gasteiger partial charge in [-0.3, -0.25) is 0 Å². The number of hydrogen-bond acceptors (Lipinski definition) is 4. The normalized spacial score (nSPS) is 17.2. The largest absolute Gasteiger partial charge is 0.439 e. The summed E-state index contributed by atoms with van der Waals surface area (Å²) in [6, 6.07) is 13.1. The number of hydrogen-bond donors (Lipinski definition) is 1. The number of benzene rings is 1. The van der Waals surface area contributed by atoms with Crippen molar-refractivity contribution in [2.45, 2.75) is 25.5 Å². The lowest BCUT2D eigenvalue weighted by atomic mass is 10.1. The molecule has 1 aliphatic heterocycles. The number of urea groups is 1. The molecule has 1 N–H and O–H groups in total. The Morgan fingerprint density at radius 3 is 2.84 bits per heavy atom. The molecule has 0 saturated carbocycles. The molecule has 6 heteroatoms. The maximum atomic E-state index is 12.3. The van der Waals surface area contributed by atoms with Gasteiger partial charge >= 0.3 is 6.03 Å². The quantitative estimate of drug-likeness (QED) is 0.907. The summed E-state index contributed by atoms with van der Waals surface area (Å²) in [7, 11) is 1.69. The van der Waals surface area contributed by atoms with Gasteiger partial charge in [-0.05, 0) is 30.5 Å². The third-order valence-electron chi connectivity index (χ3n) is 4.21. The standard InChI is InChI=1S/C19H23N3O3/c1-24-17-8-5-11-22(14-17)19(23)21-13-15-9-10-18(20-12-15)25-16-6-3-2-4-7-16/h2-4,6-7,9-10,12,17H,5,8,11,13-14H2,1H3,(H,21,23)/t17-/m0/s1. The highest BCUT2D eigenvalue weighted by atomic mass is 16.5. The highest BCUT2D eigenvalue weighted by molar-refractivity contribution is 5.74. The fourth-order valence-corrected chi connectivity index (χ4v) is 2.79. The van der Waals surface area contributed by atoms with Gasteiger partial charge in [0.25, 0.3) is 0 Å². The Hall–Kier alpha value is -2.60. The first kappa shape index (κ1) is 17.2. The average Bonchev–Trinajstić information content (AvgIpc) is 2.68. The molecule has 2 amide bonds. The Morgan fingerprint density at radius 2 is 2.12 bits per heavy atom. The zero-order valence-electron chi connectivity index (χ0n) is 14.4. The van der Waals surface area contributed by atoms with Gasteiger partial charge in [-0.15, -0.1) is 0 Å². The lowest BCUT2D eigenvalue weighted by Crippen LogP contribution is -2.47. The molecule has 0 spiro atoms. The third kappa shape index (κ3) is 4.93. The lowest BCUT2D eigenvalue weighted by molar-refractivity contribution is 0.0434. The number of nitrogens with zero attached hydrogens (tertiary/aromatic N) is 2. The number of para-hydroxylation sites is 1. The van der Waals surface area contributed by atoms with Gasteiger partial charge in [0.05, 0.1) is 6.10 Å². The smallest absolute Gasteiger partial charge is 0.317 e. The van der Waals surface area contributed by atoms with E-state index in [1.165, 1.54) is 0 Å². The molecule has 0 radical (unpaired) electrons. The van der Waals surface area contributed by atoms with E-state index in [0.29, 0.717) is 19.0 Å². The zero-order chi connectivity index (χ0) is 17.5. The molecular weight excluding hydrogens is 318 g/mol. The van der Waals surface area contributed by atoms with Gasteiger partial charge in [0.2, 0.25) is 5.88 Å². The molecule has 2 heterocycles. The molecule has 6 nitrogen and oxygen atoms in total. The van der Waals surface area contributed by atoms with E-state index in [1.807, 2.05) is 36.4 Å². The maximum Gasteiger partial charge on any atom is 0.317 e. The van der Waals surface area contributed by atoms with Crippen molar-refractivity contribution in [2.24, 2.45) is 0 Å². The van der Waals surface area contributed by atoms with E-state index in [0.717, 1.165) is 30.7 Å². The van der Waals surface area contributed by atoms with E-state index in [4.69, 9.17) is 9.47 Å². The van der Waals surface area contributed by atoms with E-state index < -0.39 is 0 Å². The van der Waals surface area contributed by atoms with Crippen molar-refractivity contribution in [1.82, 2.24) is 15.2 Å². The minimum Gasteiger partial charge on any atom is -0.439 e. The predicted molar refractivity (Wildman–Crippen MR) is 94.6 cm³/mol. The molecule has 1 aromatic heterocycles. The first-order chi connectivity index (χ1) is 12.2. The fraction of sp³-hybridized carbons (Fsp3) is 0.368. The molecule has 1 aliphatic rings. The highest BCUT2D eigenvalue weighted by Gasteiger charge is 2.23. The Labute approximate surface area is 147 Å². The average molecular weight is 341 g/mol. The minimum atomic E-state index is -0.0636. The number of carbonyl (C=O) groups is 1. The number of carbonyl (C=O) groups excluding carboxylic acids is 1. The van der Waals surface area contributed by atoms with Crippen LogP contribution in [0.5, 0.6) is 11.6 Å². The van der Waals surface area contributed by atoms with Crippen LogP contribution in [0.4, 0.5) is 4.79 Å². The molecule has 1 atom stereocenters. The highest BCUT2D eigenvalue weighted by Crippen LogP contribution is 2.18. The number of ether oxygens (including phenoxy) is 2. The van der Waals surface area contributed by atoms with Crippen molar-refractivity contribution in [1.29, 1.82) is 0 Å². The summed E-state index contributed by atoms with van der Waals surface area (Å²) >= 11 is 0. The third-order valence-corrected chi connectivity index (χ3v) is 4.21. The van der Waals surface area contributed by atoms with Crippen LogP contribution in [0, 0.1) is 0 Å². The van der Waals surface area contributed by atoms with Gasteiger partial charge in [0, 0.05) is 39.0 Å². The first-order valence-electron chi connectivity index (χ1n) is 8.48. The number of amides is 2. The summed E-state index contributed by atoms with van der Waals surface area (Å²) in [6.07, 6.45) is 3.83. The Morgan fingerprint density at radius 1 is 1.28 bits per heavy atom. The van der Waals surface area contributed by atoms with Gasteiger partial charge < -0.3 is 19.7 Å². The summed E-state index contributed by atoms with van der Waals surface area (Å²) in [6.45, 7) is 1.85. The van der Waals surface area contributed by atoms with Crippen LogP contribution in [0.15, 0.2) is 48.7 Å². The summed E-state index contributed by atoms with van der Waals surface area (Å²) in [5, 5.41) is 2.93. The number of likely N-dealkylation sites (tertiary alicyclic amines) is 1. The Bertz CT molecular complexity index is 676. The summed E-state index contributed by atoms with van der Waals surface area (Å²) < 4.78 is 11.0. The minimum absolute atomic E-state index is 0.0636. The van der Waals surface area contributed by atoms with E-state index in [1.54, 1.807) is 24.3 Å². The van der Waals surface area contributed by atoms with Crippen molar-refractivity contribution in [2.75, 3.05) is 20.2 Å². The van der Waals surface area contributed by atoms with Crippen molar-refractivity contribution in [3.63, 3.8) is 0 Å². The number of pyridine rings is 1. The topological polar surface area (TPSA) is 63.7 Å². The van der Waals surface area contributed by atoms with Crippen LogP contribution >= 0.6 is 0 Å². The molecule has 132 valence electrons. The van der Waals surface area contributed by atoms with Gasteiger partial charge in [0.15, 0.2) is 0 Å². The van der Waals surface area contributed by atoms with Crippen molar-refractivity contribution in [3.8, 4) is 11.6 Å². The number of piperidine rings is 1. The van der Waals surface area contributed by atoms with E-state index >= 15 is 0 Å². The van der Waals surface area contributed by atoms with Crippen LogP contribution in [-0.4, -0.2) is 42.2 Å². The molecule has 1 fully saturated rings. The van der Waals surface area contributed by atoms with Crippen LogP contribution < -0.4 is 10.1 Å². The summed E-state index contributed by atoms with van der Waals surface area (Å²) in [4.78, 5) is 18.3. The van der Waals surface area contributed by atoms with E-state index in [2.05, 4.69) is 10.3 Å². The second-order valence-electron chi connectivity index (χ2n) is 6.02.